The Bertz CT molecular complexity index is 1200. The number of amides is 1. The second kappa shape index (κ2) is 9.12. The van der Waals surface area contributed by atoms with Crippen LogP contribution in [0, 0.1) is 0 Å². The van der Waals surface area contributed by atoms with Crippen molar-refractivity contribution in [2.45, 2.75) is 45.6 Å². The second-order valence-electron chi connectivity index (χ2n) is 7.60. The summed E-state index contributed by atoms with van der Waals surface area (Å²) in [6.45, 7) is 2.66. The van der Waals surface area contributed by atoms with Crippen LogP contribution < -0.4 is 10.9 Å². The number of fused-ring (bicyclic) bond motifs is 2. The number of ether oxygens (including phenoxy) is 1. The quantitative estimate of drug-likeness (QED) is 0.647. The van der Waals surface area contributed by atoms with Crippen LogP contribution in [0.2, 0.25) is 0 Å². The molecule has 0 radical (unpaired) electrons. The number of carbonyl (C=O) groups is 2. The van der Waals surface area contributed by atoms with Gasteiger partial charge in [0.15, 0.2) is 0 Å². The van der Waals surface area contributed by atoms with E-state index < -0.39 is 5.97 Å². The van der Waals surface area contributed by atoms with E-state index in [1.54, 1.807) is 54.0 Å². The maximum Gasteiger partial charge on any atom is 0.340 e. The maximum absolute atomic E-state index is 13.0. The molecule has 0 fully saturated rings. The fourth-order valence-corrected chi connectivity index (χ4v) is 3.91. The summed E-state index contributed by atoms with van der Waals surface area (Å²) in [5, 5.41) is 3.28. The Kier molecular flexibility index (Phi) is 6.11. The smallest absolute Gasteiger partial charge is 0.340 e. The third-order valence-electron chi connectivity index (χ3n) is 5.50. The maximum atomic E-state index is 13.0. The summed E-state index contributed by atoms with van der Waals surface area (Å²) in [6, 6.07) is 11.6. The van der Waals surface area contributed by atoms with Gasteiger partial charge in [0.05, 0.1) is 28.8 Å². The van der Waals surface area contributed by atoms with Crippen molar-refractivity contribution in [3.05, 3.63) is 69.8 Å². The molecule has 4 rings (SSSR count). The first-order chi connectivity index (χ1) is 15.1. The molecule has 1 aliphatic rings. The van der Waals surface area contributed by atoms with E-state index in [1.165, 1.54) is 0 Å². The molecule has 2 aromatic carbocycles. The molecule has 0 saturated carbocycles. The lowest BCUT2D eigenvalue weighted by Gasteiger charge is -2.16. The van der Waals surface area contributed by atoms with Crippen LogP contribution in [-0.2, 0) is 17.7 Å². The van der Waals surface area contributed by atoms with Gasteiger partial charge in [0.1, 0.15) is 5.82 Å². The van der Waals surface area contributed by atoms with E-state index in [-0.39, 0.29) is 23.6 Å². The fraction of sp³-hybridized carbons (Fsp3) is 0.333. The standard InChI is InChI=1S/C24H25N3O4/c1-2-31-24(30)18-9-6-7-10-19(18)26-22(28)16-12-13-17-20(15-16)25-21-11-5-3-4-8-14-27(21)23(17)29/h6-7,9-10,12-13,15H,2-5,8,11,14H2,1H3,(H,26,28). The Balaban J connectivity index is 1.66. The molecule has 160 valence electrons. The summed E-state index contributed by atoms with van der Waals surface area (Å²) in [4.78, 5) is 42.7. The molecule has 0 saturated heterocycles. The summed E-state index contributed by atoms with van der Waals surface area (Å²) in [6.07, 6.45) is 4.99. The van der Waals surface area contributed by atoms with Crippen LogP contribution in [0.15, 0.2) is 47.3 Å². The number of nitrogens with one attached hydrogen (secondary N) is 1. The summed E-state index contributed by atoms with van der Waals surface area (Å²) in [5.41, 5.74) is 1.49. The van der Waals surface area contributed by atoms with Crippen LogP contribution in [0.5, 0.6) is 0 Å². The first kappa shape index (κ1) is 20.8. The number of hydrogen-bond acceptors (Lipinski definition) is 5. The average Bonchev–Trinajstić information content (AvgIpc) is 2.75. The normalized spacial score (nSPS) is 13.7. The first-order valence-corrected chi connectivity index (χ1v) is 10.7. The number of rotatable bonds is 4. The van der Waals surface area contributed by atoms with Crippen LogP contribution in [0.1, 0.15) is 59.1 Å². The first-order valence-electron chi connectivity index (χ1n) is 10.7. The van der Waals surface area contributed by atoms with Gasteiger partial charge in [-0.25, -0.2) is 9.78 Å². The van der Waals surface area contributed by atoms with Crippen molar-refractivity contribution in [3.63, 3.8) is 0 Å². The zero-order chi connectivity index (χ0) is 21.8. The van der Waals surface area contributed by atoms with Crippen molar-refractivity contribution in [2.24, 2.45) is 0 Å². The predicted molar refractivity (Wildman–Crippen MR) is 119 cm³/mol. The topological polar surface area (TPSA) is 90.3 Å². The Morgan fingerprint density at radius 1 is 1.10 bits per heavy atom. The van der Waals surface area contributed by atoms with Crippen molar-refractivity contribution in [2.75, 3.05) is 11.9 Å². The van der Waals surface area contributed by atoms with E-state index >= 15 is 0 Å². The molecule has 0 unspecified atom stereocenters. The molecule has 7 heteroatoms. The Morgan fingerprint density at radius 3 is 2.74 bits per heavy atom. The lowest BCUT2D eigenvalue weighted by Crippen LogP contribution is -2.26. The molecular weight excluding hydrogens is 394 g/mol. The van der Waals surface area contributed by atoms with Gasteiger partial charge in [0.25, 0.3) is 11.5 Å². The van der Waals surface area contributed by atoms with Gasteiger partial charge in [0.2, 0.25) is 0 Å². The molecule has 1 N–H and O–H groups in total. The minimum absolute atomic E-state index is 0.0542. The molecule has 2 heterocycles. The zero-order valence-electron chi connectivity index (χ0n) is 17.5. The van der Waals surface area contributed by atoms with Gasteiger partial charge in [-0.1, -0.05) is 25.0 Å². The average molecular weight is 419 g/mol. The van der Waals surface area contributed by atoms with Crippen LogP contribution in [0.3, 0.4) is 0 Å². The van der Waals surface area contributed by atoms with Gasteiger partial charge in [-0.15, -0.1) is 0 Å². The van der Waals surface area contributed by atoms with Gasteiger partial charge in [-0.05, 0) is 50.1 Å². The van der Waals surface area contributed by atoms with Crippen molar-refractivity contribution in [1.82, 2.24) is 9.55 Å². The van der Waals surface area contributed by atoms with Gasteiger partial charge in [0, 0.05) is 18.5 Å². The van der Waals surface area contributed by atoms with Gasteiger partial charge < -0.3 is 10.1 Å². The number of anilines is 1. The fourth-order valence-electron chi connectivity index (χ4n) is 3.91. The monoisotopic (exact) mass is 419 g/mol. The van der Waals surface area contributed by atoms with Gasteiger partial charge >= 0.3 is 5.97 Å². The minimum atomic E-state index is -0.495. The van der Waals surface area contributed by atoms with E-state index in [0.29, 0.717) is 28.7 Å². The number of aromatic nitrogens is 2. The molecule has 0 atom stereocenters. The van der Waals surface area contributed by atoms with Crippen LogP contribution in [-0.4, -0.2) is 28.0 Å². The number of aryl methyl sites for hydroxylation is 1. The number of nitrogens with zero attached hydrogens (tertiary/aromatic N) is 2. The zero-order valence-corrected chi connectivity index (χ0v) is 17.5. The third kappa shape index (κ3) is 4.35. The van der Waals surface area contributed by atoms with Crippen LogP contribution in [0.25, 0.3) is 10.9 Å². The summed E-state index contributed by atoms with van der Waals surface area (Å²) in [7, 11) is 0. The van der Waals surface area contributed by atoms with E-state index in [2.05, 4.69) is 5.32 Å². The molecule has 1 aromatic heterocycles. The van der Waals surface area contributed by atoms with Crippen LogP contribution in [0.4, 0.5) is 5.69 Å². The number of carbonyl (C=O) groups excluding carboxylic acids is 2. The Labute approximate surface area is 180 Å². The third-order valence-corrected chi connectivity index (χ3v) is 5.50. The number of esters is 1. The summed E-state index contributed by atoms with van der Waals surface area (Å²) < 4.78 is 6.84. The SMILES string of the molecule is CCOC(=O)c1ccccc1NC(=O)c1ccc2c(=O)n3c(nc2c1)CCCCCC3. The highest BCUT2D eigenvalue weighted by molar-refractivity contribution is 6.09. The lowest BCUT2D eigenvalue weighted by molar-refractivity contribution is 0.0527. The minimum Gasteiger partial charge on any atom is -0.462 e. The largest absolute Gasteiger partial charge is 0.462 e. The predicted octanol–water partition coefficient (Wildman–Crippen LogP) is 3.94. The second-order valence-corrected chi connectivity index (χ2v) is 7.60. The van der Waals surface area contributed by atoms with Crippen molar-refractivity contribution < 1.29 is 14.3 Å². The van der Waals surface area contributed by atoms with Crippen molar-refractivity contribution in [3.8, 4) is 0 Å². The summed E-state index contributed by atoms with van der Waals surface area (Å²) >= 11 is 0. The van der Waals surface area contributed by atoms with E-state index in [9.17, 15) is 14.4 Å². The molecule has 0 aliphatic carbocycles. The van der Waals surface area contributed by atoms with Crippen LogP contribution >= 0.6 is 0 Å². The highest BCUT2D eigenvalue weighted by atomic mass is 16.5. The van der Waals surface area contributed by atoms with Gasteiger partial charge in [-0.2, -0.15) is 0 Å². The molecule has 1 aliphatic heterocycles. The van der Waals surface area contributed by atoms with E-state index in [0.717, 1.165) is 37.9 Å². The number of benzene rings is 2. The molecule has 31 heavy (non-hydrogen) atoms. The molecule has 0 spiro atoms. The van der Waals surface area contributed by atoms with Gasteiger partial charge in [-0.3, -0.25) is 14.2 Å². The Morgan fingerprint density at radius 2 is 1.90 bits per heavy atom. The van der Waals surface area contributed by atoms with E-state index in [4.69, 9.17) is 9.72 Å². The highest BCUT2D eigenvalue weighted by Gasteiger charge is 2.17. The summed E-state index contributed by atoms with van der Waals surface area (Å²) in [5.74, 6) is -0.0973. The number of para-hydroxylation sites is 1. The number of hydrogen-bond donors (Lipinski definition) is 1. The van der Waals surface area contributed by atoms with E-state index in [1.807, 2.05) is 0 Å². The molecule has 3 aromatic rings. The molecular formula is C24H25N3O4. The van der Waals surface area contributed by atoms with Crippen molar-refractivity contribution >= 4 is 28.5 Å². The van der Waals surface area contributed by atoms with Crippen molar-refractivity contribution in [1.29, 1.82) is 0 Å². The lowest BCUT2D eigenvalue weighted by atomic mass is 10.1. The molecule has 7 nitrogen and oxygen atoms in total. The molecule has 0 bridgehead atoms. The molecule has 1 amide bonds. The highest BCUT2D eigenvalue weighted by Crippen LogP contribution is 2.20. The Hall–Kier alpha value is -3.48.